The summed E-state index contributed by atoms with van der Waals surface area (Å²) in [6, 6.07) is 36.3. The molecule has 53 heavy (non-hydrogen) atoms. The summed E-state index contributed by atoms with van der Waals surface area (Å²) in [7, 11) is 0. The molecule has 266 valence electrons. The Morgan fingerprint density at radius 3 is 2.25 bits per heavy atom. The highest BCUT2D eigenvalue weighted by atomic mass is 15.0. The lowest BCUT2D eigenvalue weighted by atomic mass is 9.87. The summed E-state index contributed by atoms with van der Waals surface area (Å²) >= 11 is 0. The number of hydrogen-bond acceptors (Lipinski definition) is 1. The Hall–Kier alpha value is -5.78. The Bertz CT molecular complexity index is 2450. The van der Waals surface area contributed by atoms with Crippen molar-refractivity contribution < 1.29 is 0 Å². The first-order chi connectivity index (χ1) is 25.8. The molecule has 0 saturated carbocycles. The van der Waals surface area contributed by atoms with Gasteiger partial charge in [-0.25, -0.2) is 0 Å². The maximum atomic E-state index is 3.36. The number of anilines is 1. The zero-order chi connectivity index (χ0) is 37.4. The standard InChI is InChI=1S/C49H46N2.C2H6/c1-35(2)51-47-19-13-12-18-45(47)46-34-39(23-31-48(46)51)43-30-22-38-33-37(21-28-42(38)44(43)29-20-36-15-10-8-11-16-36)17-9-6-7-14-32-50-41-26-24-40(25-27-41)49(3,4)5;1-2/h6-7,9-10,12-19,21-28,30-35,50H,20,29H2,1-5H3;1-2H3/b7-6-,17-9-,32-14+;. The lowest BCUT2D eigenvalue weighted by molar-refractivity contribution is 0.590. The van der Waals surface area contributed by atoms with Crippen LogP contribution in [0.5, 0.6) is 0 Å². The molecule has 0 aliphatic heterocycles. The minimum Gasteiger partial charge on any atom is -0.362 e. The first kappa shape index (κ1) is 37.0. The molecule has 0 radical (unpaired) electrons. The third-order valence-corrected chi connectivity index (χ3v) is 9.80. The van der Waals surface area contributed by atoms with Gasteiger partial charge in [-0.1, -0.05) is 131 Å². The summed E-state index contributed by atoms with van der Waals surface area (Å²) in [6.07, 6.45) is 20.4. The summed E-state index contributed by atoms with van der Waals surface area (Å²) in [6.45, 7) is 15.2. The van der Waals surface area contributed by atoms with Crippen LogP contribution in [0.2, 0.25) is 0 Å². The molecular weight excluding hydrogens is 641 g/mol. The molecule has 0 bridgehead atoms. The minimum absolute atomic E-state index is 0.160. The van der Waals surface area contributed by atoms with Crippen LogP contribution in [0.1, 0.15) is 77.6 Å². The Balaban J connectivity index is 0.00000236. The van der Waals surface area contributed by atoms with Gasteiger partial charge in [0.1, 0.15) is 0 Å². The molecule has 1 N–H and O–H groups in total. The van der Waals surface area contributed by atoms with E-state index >= 15 is 0 Å². The topological polar surface area (TPSA) is 17.0 Å². The first-order valence-electron chi connectivity index (χ1n) is 19.1. The smallest absolute Gasteiger partial charge is 0.0494 e. The summed E-state index contributed by atoms with van der Waals surface area (Å²) < 4.78 is 2.46. The number of hydrogen-bond donors (Lipinski definition) is 1. The van der Waals surface area contributed by atoms with E-state index < -0.39 is 0 Å². The molecular formula is C51H52N2. The Morgan fingerprint density at radius 1 is 0.717 bits per heavy atom. The van der Waals surface area contributed by atoms with Crippen LogP contribution in [0, 0.1) is 0 Å². The maximum Gasteiger partial charge on any atom is 0.0494 e. The number of nitrogens with one attached hydrogen (secondary N) is 1. The van der Waals surface area contributed by atoms with Gasteiger partial charge in [0.25, 0.3) is 0 Å². The van der Waals surface area contributed by atoms with Crippen molar-refractivity contribution in [3.63, 3.8) is 0 Å². The van der Waals surface area contributed by atoms with E-state index in [0.29, 0.717) is 6.04 Å². The quantitative estimate of drug-likeness (QED) is 0.112. The normalized spacial score (nSPS) is 12.9. The molecule has 0 unspecified atom stereocenters. The Morgan fingerprint density at radius 2 is 1.49 bits per heavy atom. The second-order valence-corrected chi connectivity index (χ2v) is 14.7. The number of aryl methyl sites for hydroxylation is 1. The van der Waals surface area contributed by atoms with Crippen LogP contribution in [0.15, 0.2) is 163 Å². The molecule has 1 aliphatic carbocycles. The third kappa shape index (κ3) is 8.48. The monoisotopic (exact) mass is 692 g/mol. The highest BCUT2D eigenvalue weighted by Gasteiger charge is 2.16. The molecule has 0 amide bonds. The molecule has 0 atom stereocenters. The van der Waals surface area contributed by atoms with E-state index in [1.165, 1.54) is 66.0 Å². The molecule has 1 aliphatic rings. The van der Waals surface area contributed by atoms with Gasteiger partial charge in [0.05, 0.1) is 0 Å². The largest absolute Gasteiger partial charge is 0.362 e. The van der Waals surface area contributed by atoms with Crippen LogP contribution in [-0.4, -0.2) is 4.57 Å². The summed E-state index contributed by atoms with van der Waals surface area (Å²) in [5.74, 6) is 0. The molecule has 2 heteroatoms. The number of allylic oxidation sites excluding steroid dienone is 8. The molecule has 5 aromatic carbocycles. The predicted molar refractivity (Wildman–Crippen MR) is 233 cm³/mol. The van der Waals surface area contributed by atoms with E-state index in [9.17, 15) is 0 Å². The fourth-order valence-corrected chi connectivity index (χ4v) is 7.15. The van der Waals surface area contributed by atoms with Crippen LogP contribution in [0.4, 0.5) is 5.69 Å². The van der Waals surface area contributed by atoms with Crippen molar-refractivity contribution in [2.45, 2.75) is 72.8 Å². The van der Waals surface area contributed by atoms with Gasteiger partial charge in [0.2, 0.25) is 0 Å². The highest BCUT2D eigenvalue weighted by molar-refractivity contribution is 6.09. The second-order valence-electron chi connectivity index (χ2n) is 14.7. The minimum atomic E-state index is 0.160. The molecule has 6 aromatic rings. The van der Waals surface area contributed by atoms with Crippen molar-refractivity contribution in [1.29, 1.82) is 0 Å². The average Bonchev–Trinajstić information content (AvgIpc) is 3.51. The average molecular weight is 693 g/mol. The predicted octanol–water partition coefficient (Wildman–Crippen LogP) is 14.5. The third-order valence-electron chi connectivity index (χ3n) is 9.80. The Kier molecular flexibility index (Phi) is 11.7. The Labute approximate surface area is 316 Å². The molecule has 0 saturated heterocycles. The van der Waals surface area contributed by atoms with Crippen LogP contribution in [0.3, 0.4) is 0 Å². The van der Waals surface area contributed by atoms with Crippen molar-refractivity contribution in [1.82, 2.24) is 4.57 Å². The van der Waals surface area contributed by atoms with Crippen LogP contribution in [-0.2, 0) is 11.8 Å². The van der Waals surface area contributed by atoms with Gasteiger partial charge >= 0.3 is 0 Å². The lowest BCUT2D eigenvalue weighted by Crippen LogP contribution is -2.10. The van der Waals surface area contributed by atoms with Gasteiger partial charge in [0, 0.05) is 39.7 Å². The van der Waals surface area contributed by atoms with Crippen LogP contribution in [0.25, 0.3) is 49.8 Å². The second kappa shape index (κ2) is 16.7. The van der Waals surface area contributed by atoms with Gasteiger partial charge < -0.3 is 9.88 Å². The molecule has 2 nitrogen and oxygen atoms in total. The van der Waals surface area contributed by atoms with Gasteiger partial charge in [-0.15, -0.1) is 0 Å². The van der Waals surface area contributed by atoms with Crippen molar-refractivity contribution >= 4 is 44.3 Å². The van der Waals surface area contributed by atoms with Gasteiger partial charge in [-0.2, -0.15) is 0 Å². The van der Waals surface area contributed by atoms with Crippen LogP contribution < -0.4 is 5.32 Å². The fraction of sp³-hybridized carbons (Fsp3) is 0.216. The zero-order valence-corrected chi connectivity index (χ0v) is 32.4. The first-order valence-corrected chi connectivity index (χ1v) is 19.1. The lowest BCUT2D eigenvalue weighted by Gasteiger charge is -2.19. The van der Waals surface area contributed by atoms with Crippen molar-refractivity contribution in [2.75, 3.05) is 5.32 Å². The molecule has 0 fully saturated rings. The number of fused-ring (bicyclic) bond motifs is 4. The zero-order valence-electron chi connectivity index (χ0n) is 32.4. The highest BCUT2D eigenvalue weighted by Crippen LogP contribution is 2.38. The molecule has 7 rings (SSSR count). The molecule has 0 spiro atoms. The summed E-state index contributed by atoms with van der Waals surface area (Å²) in [5.41, 5.74) is 17.7. The SMILES string of the molecule is CC.CC(C)n1c2ccccc2c2cc(-c3ccc4cc(\C=C/C=C\C=C\Nc5ccc(C(C)(C)C)cc5)ccc4c3CCC3=CC=C=C=C3)ccc21. The van der Waals surface area contributed by atoms with E-state index in [0.717, 1.165) is 18.5 Å². The van der Waals surface area contributed by atoms with E-state index in [4.69, 9.17) is 0 Å². The van der Waals surface area contributed by atoms with Crippen LogP contribution >= 0.6 is 0 Å². The van der Waals surface area contributed by atoms with E-state index in [2.05, 4.69) is 183 Å². The van der Waals surface area contributed by atoms with Gasteiger partial charge in [0.15, 0.2) is 0 Å². The van der Waals surface area contributed by atoms with Crippen molar-refractivity contribution in [3.8, 4) is 11.1 Å². The van der Waals surface area contributed by atoms with Gasteiger partial charge in [-0.3, -0.25) is 0 Å². The number of benzene rings is 5. The van der Waals surface area contributed by atoms with Gasteiger partial charge in [-0.05, 0) is 137 Å². The van der Waals surface area contributed by atoms with Crippen molar-refractivity contribution in [3.05, 3.63) is 180 Å². The fourth-order valence-electron chi connectivity index (χ4n) is 7.15. The molecule has 1 heterocycles. The number of aromatic nitrogens is 1. The number of rotatable bonds is 10. The maximum absolute atomic E-state index is 3.36. The van der Waals surface area contributed by atoms with E-state index in [1.807, 2.05) is 38.3 Å². The number of nitrogens with zero attached hydrogens (tertiary/aromatic N) is 1. The molecule has 1 aromatic heterocycles. The number of para-hydroxylation sites is 1. The summed E-state index contributed by atoms with van der Waals surface area (Å²) in [4.78, 5) is 0. The van der Waals surface area contributed by atoms with Crippen molar-refractivity contribution in [2.24, 2.45) is 0 Å². The van der Waals surface area contributed by atoms with E-state index in [-0.39, 0.29) is 5.41 Å². The summed E-state index contributed by atoms with van der Waals surface area (Å²) in [5, 5.41) is 8.54. The van der Waals surface area contributed by atoms with E-state index in [1.54, 1.807) is 0 Å².